The Bertz CT molecular complexity index is 1010. The van der Waals surface area contributed by atoms with Crippen LogP contribution in [0.3, 0.4) is 0 Å². The van der Waals surface area contributed by atoms with Gasteiger partial charge in [-0.25, -0.2) is 0 Å². The summed E-state index contributed by atoms with van der Waals surface area (Å²) in [5, 5.41) is 24.6. The number of rotatable bonds is 6. The van der Waals surface area contributed by atoms with Gasteiger partial charge in [-0.05, 0) is 55.7 Å². The standard InChI is InChI=1S/C19H20N6O5S/c26-18(20-19(31)22-21-14-5-7-15(8-6-14)24(27)28)13-4-9-16(17(12-13)25(29)30)23-10-2-1-3-11-23/h4-9,12,21H,1-3,10-11H2,(H2,20,22,26,31). The van der Waals surface area contributed by atoms with Gasteiger partial charge >= 0.3 is 0 Å². The number of nitrogens with zero attached hydrogens (tertiary/aromatic N) is 3. The van der Waals surface area contributed by atoms with Crippen molar-refractivity contribution in [3.05, 3.63) is 68.3 Å². The fourth-order valence-corrected chi connectivity index (χ4v) is 3.36. The van der Waals surface area contributed by atoms with Gasteiger partial charge < -0.3 is 4.90 Å². The van der Waals surface area contributed by atoms with Crippen LogP contribution in [0.1, 0.15) is 29.6 Å². The molecule has 31 heavy (non-hydrogen) atoms. The SMILES string of the molecule is O=C(NC(=S)NNc1ccc([N+](=O)[O-])cc1)c1ccc(N2CCCCC2)c([N+](=O)[O-])c1. The zero-order valence-electron chi connectivity index (χ0n) is 16.4. The summed E-state index contributed by atoms with van der Waals surface area (Å²) in [5.74, 6) is -0.601. The minimum Gasteiger partial charge on any atom is -0.366 e. The van der Waals surface area contributed by atoms with E-state index in [1.807, 2.05) is 4.90 Å². The van der Waals surface area contributed by atoms with Crippen molar-refractivity contribution in [1.29, 1.82) is 0 Å². The average Bonchev–Trinajstić information content (AvgIpc) is 2.78. The van der Waals surface area contributed by atoms with Crippen LogP contribution in [-0.4, -0.2) is 34.0 Å². The Morgan fingerprint density at radius 3 is 2.26 bits per heavy atom. The third-order valence-electron chi connectivity index (χ3n) is 4.76. The lowest BCUT2D eigenvalue weighted by atomic mass is 10.1. The first kappa shape index (κ1) is 21.9. The van der Waals surface area contributed by atoms with E-state index >= 15 is 0 Å². The zero-order valence-corrected chi connectivity index (χ0v) is 17.2. The Morgan fingerprint density at radius 2 is 1.65 bits per heavy atom. The maximum absolute atomic E-state index is 12.5. The van der Waals surface area contributed by atoms with Crippen LogP contribution in [-0.2, 0) is 0 Å². The molecule has 1 fully saturated rings. The lowest BCUT2D eigenvalue weighted by Crippen LogP contribution is -2.42. The monoisotopic (exact) mass is 444 g/mol. The van der Waals surface area contributed by atoms with Gasteiger partial charge in [0.1, 0.15) is 5.69 Å². The quantitative estimate of drug-likeness (QED) is 0.348. The largest absolute Gasteiger partial charge is 0.366 e. The molecule has 0 aromatic heterocycles. The molecule has 2 aromatic carbocycles. The van der Waals surface area contributed by atoms with Crippen LogP contribution >= 0.6 is 12.2 Å². The number of carbonyl (C=O) groups is 1. The Hall–Kier alpha value is -3.80. The Kier molecular flexibility index (Phi) is 6.92. The molecule has 3 N–H and O–H groups in total. The van der Waals surface area contributed by atoms with Crippen LogP contribution in [0.4, 0.5) is 22.7 Å². The number of hydrogen-bond donors (Lipinski definition) is 3. The van der Waals surface area contributed by atoms with E-state index in [9.17, 15) is 25.0 Å². The van der Waals surface area contributed by atoms with Crippen LogP contribution < -0.4 is 21.1 Å². The number of nitro benzene ring substituents is 2. The highest BCUT2D eigenvalue weighted by Gasteiger charge is 2.23. The number of amides is 1. The number of anilines is 2. The number of non-ortho nitro benzene ring substituents is 1. The van der Waals surface area contributed by atoms with E-state index in [1.165, 1.54) is 36.4 Å². The zero-order chi connectivity index (χ0) is 22.4. The summed E-state index contributed by atoms with van der Waals surface area (Å²) in [6, 6.07) is 9.92. The number of piperidine rings is 1. The van der Waals surface area contributed by atoms with Gasteiger partial charge in [0, 0.05) is 36.9 Å². The van der Waals surface area contributed by atoms with E-state index in [-0.39, 0.29) is 22.1 Å². The third kappa shape index (κ3) is 5.63. The topological polar surface area (TPSA) is 143 Å². The molecule has 1 heterocycles. The van der Waals surface area contributed by atoms with Crippen LogP contribution in [0.25, 0.3) is 0 Å². The minimum atomic E-state index is -0.601. The molecule has 3 rings (SSSR count). The predicted molar refractivity (Wildman–Crippen MR) is 119 cm³/mol. The molecule has 1 aliphatic rings. The number of hydrogen-bond acceptors (Lipinski definition) is 8. The number of carbonyl (C=O) groups excluding carboxylic acids is 1. The molecule has 0 saturated carbocycles. The Balaban J connectivity index is 1.62. The van der Waals surface area contributed by atoms with Gasteiger partial charge in [0.15, 0.2) is 5.11 Å². The molecule has 0 aliphatic carbocycles. The molecule has 1 saturated heterocycles. The van der Waals surface area contributed by atoms with Crippen molar-refractivity contribution in [2.24, 2.45) is 0 Å². The molecule has 0 radical (unpaired) electrons. The van der Waals surface area contributed by atoms with Crippen molar-refractivity contribution < 1.29 is 14.6 Å². The lowest BCUT2D eigenvalue weighted by molar-refractivity contribution is -0.384. The smallest absolute Gasteiger partial charge is 0.293 e. The second-order valence-corrected chi connectivity index (χ2v) is 7.25. The van der Waals surface area contributed by atoms with Crippen molar-refractivity contribution in [3.8, 4) is 0 Å². The van der Waals surface area contributed by atoms with Crippen molar-refractivity contribution in [3.63, 3.8) is 0 Å². The summed E-state index contributed by atoms with van der Waals surface area (Å²) in [4.78, 5) is 35.6. The maximum atomic E-state index is 12.5. The van der Waals surface area contributed by atoms with Crippen LogP contribution in [0.15, 0.2) is 42.5 Å². The first-order valence-electron chi connectivity index (χ1n) is 9.50. The maximum Gasteiger partial charge on any atom is 0.293 e. The highest BCUT2D eigenvalue weighted by atomic mass is 32.1. The highest BCUT2D eigenvalue weighted by Crippen LogP contribution is 2.31. The Morgan fingerprint density at radius 1 is 0.968 bits per heavy atom. The van der Waals surface area contributed by atoms with Crippen LogP contribution in [0.5, 0.6) is 0 Å². The first-order chi connectivity index (χ1) is 14.8. The summed E-state index contributed by atoms with van der Waals surface area (Å²) in [6.45, 7) is 1.49. The first-order valence-corrected chi connectivity index (χ1v) is 9.91. The van der Waals surface area contributed by atoms with Gasteiger partial charge in [0.05, 0.1) is 15.5 Å². The second kappa shape index (κ2) is 9.80. The van der Waals surface area contributed by atoms with Gasteiger partial charge in [-0.15, -0.1) is 0 Å². The molecule has 162 valence electrons. The van der Waals surface area contributed by atoms with Crippen LogP contribution in [0.2, 0.25) is 0 Å². The molecule has 0 bridgehead atoms. The van der Waals surface area contributed by atoms with Crippen molar-refractivity contribution in [2.75, 3.05) is 23.4 Å². The number of thiocarbonyl (C=S) groups is 1. The molecular formula is C19H20N6O5S. The number of hydrazine groups is 1. The number of benzene rings is 2. The van der Waals surface area contributed by atoms with Gasteiger partial charge in [0.2, 0.25) is 0 Å². The van der Waals surface area contributed by atoms with E-state index in [0.29, 0.717) is 11.4 Å². The molecule has 2 aromatic rings. The van der Waals surface area contributed by atoms with E-state index in [2.05, 4.69) is 16.2 Å². The third-order valence-corrected chi connectivity index (χ3v) is 4.96. The summed E-state index contributed by atoms with van der Waals surface area (Å²) in [6.07, 6.45) is 3.05. The molecule has 11 nitrogen and oxygen atoms in total. The van der Waals surface area contributed by atoms with Gasteiger partial charge in [-0.3, -0.25) is 41.2 Å². The molecule has 0 unspecified atom stereocenters. The van der Waals surface area contributed by atoms with Crippen molar-refractivity contribution in [1.82, 2.24) is 10.7 Å². The van der Waals surface area contributed by atoms with Crippen LogP contribution in [0, 0.1) is 20.2 Å². The summed E-state index contributed by atoms with van der Waals surface area (Å²) in [5.41, 5.74) is 6.20. The van der Waals surface area contributed by atoms with E-state index in [4.69, 9.17) is 12.2 Å². The summed E-state index contributed by atoms with van der Waals surface area (Å²) in [7, 11) is 0. The van der Waals surface area contributed by atoms with E-state index in [0.717, 1.165) is 32.4 Å². The minimum absolute atomic E-state index is 0.0592. The van der Waals surface area contributed by atoms with Gasteiger partial charge in [-0.2, -0.15) is 0 Å². The fourth-order valence-electron chi connectivity index (χ4n) is 3.22. The van der Waals surface area contributed by atoms with Crippen molar-refractivity contribution in [2.45, 2.75) is 19.3 Å². The number of nitrogens with one attached hydrogen (secondary N) is 3. The van der Waals surface area contributed by atoms with Crippen molar-refractivity contribution >= 4 is 46.0 Å². The fraction of sp³-hybridized carbons (Fsp3) is 0.263. The van der Waals surface area contributed by atoms with E-state index < -0.39 is 15.8 Å². The molecule has 0 spiro atoms. The Labute approximate surface area is 182 Å². The highest BCUT2D eigenvalue weighted by molar-refractivity contribution is 7.80. The molecule has 12 heteroatoms. The molecule has 1 amide bonds. The predicted octanol–water partition coefficient (Wildman–Crippen LogP) is 3.12. The second-order valence-electron chi connectivity index (χ2n) is 6.85. The molecule has 1 aliphatic heterocycles. The van der Waals surface area contributed by atoms with E-state index in [1.54, 1.807) is 6.07 Å². The normalized spacial score (nSPS) is 13.2. The summed E-state index contributed by atoms with van der Waals surface area (Å²) < 4.78 is 0. The van der Waals surface area contributed by atoms with Gasteiger partial charge in [0.25, 0.3) is 17.3 Å². The summed E-state index contributed by atoms with van der Waals surface area (Å²) >= 11 is 5.05. The molecular weight excluding hydrogens is 424 g/mol. The number of nitro groups is 2. The van der Waals surface area contributed by atoms with Gasteiger partial charge in [-0.1, -0.05) is 0 Å². The average molecular weight is 444 g/mol. The lowest BCUT2D eigenvalue weighted by Gasteiger charge is -2.28. The molecule has 0 atom stereocenters.